The van der Waals surface area contributed by atoms with Crippen LogP contribution < -0.4 is 4.74 Å². The number of benzene rings is 2. The zero-order chi connectivity index (χ0) is 18.4. The largest absolute Gasteiger partial charge is 0.494 e. The van der Waals surface area contributed by atoms with Crippen LogP contribution in [0.4, 0.5) is 4.39 Å². The van der Waals surface area contributed by atoms with Crippen molar-refractivity contribution in [2.24, 2.45) is 0 Å². The van der Waals surface area contributed by atoms with Crippen LogP contribution in [0.5, 0.6) is 5.75 Å². The number of nitrogens with zero attached hydrogens (tertiary/aromatic N) is 3. The Kier molecular flexibility index (Phi) is 6.21. The van der Waals surface area contributed by atoms with E-state index in [0.717, 1.165) is 38.5 Å². The molecule has 1 fully saturated rings. The Balaban J connectivity index is 1.50. The fraction of sp³-hybridized carbons (Fsp3) is 0.381. The van der Waals surface area contributed by atoms with Crippen LogP contribution in [0, 0.1) is 17.1 Å². The summed E-state index contributed by atoms with van der Waals surface area (Å²) in [6.45, 7) is 7.83. The molecule has 0 aliphatic carbocycles. The molecular weight excluding hydrogens is 329 g/mol. The Morgan fingerprint density at radius 1 is 1.00 bits per heavy atom. The molecule has 0 atom stereocenters. The van der Waals surface area contributed by atoms with E-state index < -0.39 is 0 Å². The molecule has 0 radical (unpaired) electrons. The van der Waals surface area contributed by atoms with Crippen molar-refractivity contribution in [1.82, 2.24) is 9.80 Å². The molecule has 1 saturated heterocycles. The summed E-state index contributed by atoms with van der Waals surface area (Å²) in [4.78, 5) is 4.66. The van der Waals surface area contributed by atoms with Crippen LogP contribution in [-0.4, -0.2) is 42.6 Å². The van der Waals surface area contributed by atoms with Crippen LogP contribution >= 0.6 is 0 Å². The van der Waals surface area contributed by atoms with Crippen molar-refractivity contribution in [1.29, 1.82) is 5.26 Å². The molecule has 2 aromatic carbocycles. The lowest BCUT2D eigenvalue weighted by Crippen LogP contribution is -2.45. The van der Waals surface area contributed by atoms with Gasteiger partial charge in [0.05, 0.1) is 18.2 Å². The maximum absolute atomic E-state index is 14.0. The van der Waals surface area contributed by atoms with E-state index in [1.807, 2.05) is 19.1 Å². The van der Waals surface area contributed by atoms with E-state index in [1.54, 1.807) is 6.07 Å². The Hall–Kier alpha value is -2.42. The van der Waals surface area contributed by atoms with Gasteiger partial charge in [-0.1, -0.05) is 12.1 Å². The van der Waals surface area contributed by atoms with Crippen molar-refractivity contribution in [2.75, 3.05) is 32.8 Å². The molecule has 0 amide bonds. The van der Waals surface area contributed by atoms with Crippen LogP contribution in [0.2, 0.25) is 0 Å². The van der Waals surface area contributed by atoms with Crippen molar-refractivity contribution in [3.8, 4) is 11.8 Å². The predicted octanol–water partition coefficient (Wildman–Crippen LogP) is 3.41. The molecule has 136 valence electrons. The third-order valence-corrected chi connectivity index (χ3v) is 4.67. The van der Waals surface area contributed by atoms with E-state index in [9.17, 15) is 4.39 Å². The highest BCUT2D eigenvalue weighted by Crippen LogP contribution is 2.17. The Morgan fingerprint density at radius 3 is 2.27 bits per heavy atom. The highest BCUT2D eigenvalue weighted by molar-refractivity contribution is 5.33. The van der Waals surface area contributed by atoms with E-state index in [0.29, 0.717) is 24.3 Å². The molecule has 0 unspecified atom stereocenters. The van der Waals surface area contributed by atoms with Gasteiger partial charge in [-0.15, -0.1) is 0 Å². The SMILES string of the molecule is CCOc1ccc(CN2CCN(Cc3cc(C#N)ccc3F)CC2)cc1. The van der Waals surface area contributed by atoms with Crippen molar-refractivity contribution in [2.45, 2.75) is 20.0 Å². The van der Waals surface area contributed by atoms with Gasteiger partial charge >= 0.3 is 0 Å². The zero-order valence-corrected chi connectivity index (χ0v) is 15.1. The minimum absolute atomic E-state index is 0.235. The Bertz CT molecular complexity index is 762. The highest BCUT2D eigenvalue weighted by Gasteiger charge is 2.18. The Labute approximate surface area is 154 Å². The summed E-state index contributed by atoms with van der Waals surface area (Å²) in [6, 6.07) is 14.9. The van der Waals surface area contributed by atoms with E-state index in [4.69, 9.17) is 10.00 Å². The smallest absolute Gasteiger partial charge is 0.127 e. The molecule has 2 aromatic rings. The summed E-state index contributed by atoms with van der Waals surface area (Å²) in [6.07, 6.45) is 0. The van der Waals surface area contributed by atoms with Crippen LogP contribution in [0.25, 0.3) is 0 Å². The number of nitriles is 1. The molecule has 3 rings (SSSR count). The summed E-state index contributed by atoms with van der Waals surface area (Å²) in [5, 5.41) is 8.98. The van der Waals surface area contributed by atoms with Gasteiger partial charge < -0.3 is 4.74 Å². The fourth-order valence-corrected chi connectivity index (χ4v) is 3.23. The summed E-state index contributed by atoms with van der Waals surface area (Å²) in [5.74, 6) is 0.670. The molecular formula is C21H24FN3O. The van der Waals surface area contributed by atoms with Gasteiger partial charge in [-0.3, -0.25) is 9.80 Å². The Morgan fingerprint density at radius 2 is 1.65 bits per heavy atom. The van der Waals surface area contributed by atoms with Gasteiger partial charge in [0.2, 0.25) is 0 Å². The number of halogens is 1. The molecule has 5 heteroatoms. The van der Waals surface area contributed by atoms with Gasteiger partial charge in [-0.25, -0.2) is 4.39 Å². The molecule has 0 aromatic heterocycles. The first-order valence-corrected chi connectivity index (χ1v) is 9.03. The minimum atomic E-state index is -0.235. The topological polar surface area (TPSA) is 39.5 Å². The minimum Gasteiger partial charge on any atom is -0.494 e. The second-order valence-electron chi connectivity index (χ2n) is 6.55. The third kappa shape index (κ3) is 4.81. The number of rotatable bonds is 6. The molecule has 0 spiro atoms. The maximum Gasteiger partial charge on any atom is 0.127 e. The lowest BCUT2D eigenvalue weighted by Gasteiger charge is -2.34. The average Bonchev–Trinajstić information content (AvgIpc) is 2.67. The summed E-state index contributed by atoms with van der Waals surface area (Å²) in [5.41, 5.74) is 2.38. The van der Waals surface area contributed by atoms with Gasteiger partial charge in [0, 0.05) is 44.8 Å². The van der Waals surface area contributed by atoms with Gasteiger partial charge in [-0.05, 0) is 42.8 Å². The van der Waals surface area contributed by atoms with E-state index >= 15 is 0 Å². The zero-order valence-electron chi connectivity index (χ0n) is 15.1. The quantitative estimate of drug-likeness (QED) is 0.798. The van der Waals surface area contributed by atoms with E-state index in [2.05, 4.69) is 28.0 Å². The molecule has 1 aliphatic heterocycles. The number of piperazine rings is 1. The third-order valence-electron chi connectivity index (χ3n) is 4.67. The van der Waals surface area contributed by atoms with Crippen molar-refractivity contribution in [3.63, 3.8) is 0 Å². The normalized spacial score (nSPS) is 15.6. The standard InChI is InChI=1S/C21H24FN3O/c1-2-26-20-6-3-17(4-7-20)15-24-9-11-25(12-10-24)16-19-13-18(14-23)5-8-21(19)22/h3-8,13H,2,9-12,15-16H2,1H3. The first-order chi connectivity index (χ1) is 12.7. The summed E-state index contributed by atoms with van der Waals surface area (Å²) >= 11 is 0. The molecule has 0 saturated carbocycles. The fourth-order valence-electron chi connectivity index (χ4n) is 3.23. The second-order valence-corrected chi connectivity index (χ2v) is 6.55. The van der Waals surface area contributed by atoms with Crippen molar-refractivity contribution >= 4 is 0 Å². The van der Waals surface area contributed by atoms with Gasteiger partial charge in [0.1, 0.15) is 11.6 Å². The monoisotopic (exact) mass is 353 g/mol. The van der Waals surface area contributed by atoms with Gasteiger partial charge in [-0.2, -0.15) is 5.26 Å². The summed E-state index contributed by atoms with van der Waals surface area (Å²) < 4.78 is 19.4. The number of ether oxygens (including phenoxy) is 1. The summed E-state index contributed by atoms with van der Waals surface area (Å²) in [7, 11) is 0. The maximum atomic E-state index is 14.0. The van der Waals surface area contributed by atoms with Crippen molar-refractivity contribution < 1.29 is 9.13 Å². The molecule has 26 heavy (non-hydrogen) atoms. The van der Waals surface area contributed by atoms with E-state index in [1.165, 1.54) is 17.7 Å². The first kappa shape index (κ1) is 18.4. The molecule has 4 nitrogen and oxygen atoms in total. The van der Waals surface area contributed by atoms with Gasteiger partial charge in [0.15, 0.2) is 0 Å². The average molecular weight is 353 g/mol. The number of hydrogen-bond acceptors (Lipinski definition) is 4. The van der Waals surface area contributed by atoms with Crippen LogP contribution in [-0.2, 0) is 13.1 Å². The lowest BCUT2D eigenvalue weighted by atomic mass is 10.1. The predicted molar refractivity (Wildman–Crippen MR) is 99.3 cm³/mol. The van der Waals surface area contributed by atoms with Crippen molar-refractivity contribution in [3.05, 3.63) is 65.0 Å². The van der Waals surface area contributed by atoms with Gasteiger partial charge in [0.25, 0.3) is 0 Å². The lowest BCUT2D eigenvalue weighted by molar-refractivity contribution is 0.121. The van der Waals surface area contributed by atoms with Crippen LogP contribution in [0.15, 0.2) is 42.5 Å². The molecule has 0 N–H and O–H groups in total. The number of hydrogen-bond donors (Lipinski definition) is 0. The first-order valence-electron chi connectivity index (χ1n) is 9.03. The highest BCUT2D eigenvalue weighted by atomic mass is 19.1. The molecule has 1 aliphatic rings. The molecule has 1 heterocycles. The molecule has 0 bridgehead atoms. The second kappa shape index (κ2) is 8.79. The van der Waals surface area contributed by atoms with Crippen LogP contribution in [0.3, 0.4) is 0 Å². The van der Waals surface area contributed by atoms with E-state index in [-0.39, 0.29) is 5.82 Å². The van der Waals surface area contributed by atoms with Crippen LogP contribution in [0.1, 0.15) is 23.6 Å².